The highest BCUT2D eigenvalue weighted by Crippen LogP contribution is 2.27. The lowest BCUT2D eigenvalue weighted by Crippen LogP contribution is -1.96. The van der Waals surface area contributed by atoms with Gasteiger partial charge in [-0.2, -0.15) is 5.26 Å². The summed E-state index contributed by atoms with van der Waals surface area (Å²) in [4.78, 5) is 7.46. The lowest BCUT2D eigenvalue weighted by molar-refractivity contribution is 0.151. The number of alkyl halides is 2. The predicted octanol–water partition coefficient (Wildman–Crippen LogP) is 3.75. The molecule has 2 rings (SSSR count). The molecule has 1 aromatic carbocycles. The summed E-state index contributed by atoms with van der Waals surface area (Å²) in [5.41, 5.74) is -0.513. The Labute approximate surface area is 111 Å². The van der Waals surface area contributed by atoms with E-state index in [4.69, 9.17) is 16.9 Å². The van der Waals surface area contributed by atoms with Crippen molar-refractivity contribution >= 4 is 11.6 Å². The van der Waals surface area contributed by atoms with Crippen LogP contribution in [0.5, 0.6) is 0 Å². The van der Waals surface area contributed by atoms with Crippen LogP contribution in [0.3, 0.4) is 0 Å². The molecule has 7 heteroatoms. The van der Waals surface area contributed by atoms with Crippen molar-refractivity contribution in [2.24, 2.45) is 0 Å². The van der Waals surface area contributed by atoms with E-state index in [0.29, 0.717) is 0 Å². The highest BCUT2D eigenvalue weighted by Gasteiger charge is 2.15. The van der Waals surface area contributed by atoms with Gasteiger partial charge in [-0.3, -0.25) is 0 Å². The van der Waals surface area contributed by atoms with Gasteiger partial charge in [0.2, 0.25) is 0 Å². The largest absolute Gasteiger partial charge is 0.263 e. The van der Waals surface area contributed by atoms with Crippen molar-refractivity contribution in [1.29, 1.82) is 5.26 Å². The highest BCUT2D eigenvalue weighted by molar-refractivity contribution is 6.30. The Bertz CT molecular complexity index is 668. The number of aromatic nitrogens is 2. The van der Waals surface area contributed by atoms with E-state index in [1.54, 1.807) is 6.07 Å². The first-order valence-electron chi connectivity index (χ1n) is 5.03. The molecule has 3 nitrogen and oxygen atoms in total. The first-order valence-corrected chi connectivity index (χ1v) is 5.41. The van der Waals surface area contributed by atoms with Gasteiger partial charge in [0.1, 0.15) is 17.4 Å². The fraction of sp³-hybridized carbons (Fsp3) is 0.0833. The molecular formula is C12H5ClF3N3. The maximum atomic E-state index is 13.6. The summed E-state index contributed by atoms with van der Waals surface area (Å²) in [5, 5.41) is 8.51. The fourth-order valence-corrected chi connectivity index (χ4v) is 1.59. The van der Waals surface area contributed by atoms with Crippen molar-refractivity contribution in [2.45, 2.75) is 6.43 Å². The number of benzene rings is 1. The molecule has 19 heavy (non-hydrogen) atoms. The first-order chi connectivity index (χ1) is 9.02. The quantitative estimate of drug-likeness (QED) is 0.789. The molecule has 0 N–H and O–H groups in total. The molecule has 0 unspecified atom stereocenters. The number of hydrogen-bond donors (Lipinski definition) is 0. The first kappa shape index (κ1) is 13.3. The van der Waals surface area contributed by atoms with E-state index in [9.17, 15) is 13.2 Å². The van der Waals surface area contributed by atoms with Crippen molar-refractivity contribution in [3.63, 3.8) is 0 Å². The van der Waals surface area contributed by atoms with Crippen molar-refractivity contribution in [3.8, 4) is 17.5 Å². The maximum Gasteiger partial charge on any atom is 0.263 e. The number of hydrogen-bond acceptors (Lipinski definition) is 3. The average molecular weight is 284 g/mol. The molecule has 0 radical (unpaired) electrons. The third-order valence-electron chi connectivity index (χ3n) is 2.35. The highest BCUT2D eigenvalue weighted by atomic mass is 35.5. The Balaban J connectivity index is 2.55. The second kappa shape index (κ2) is 5.24. The number of nitrogens with zero attached hydrogens (tertiary/aromatic N) is 3. The van der Waals surface area contributed by atoms with Crippen molar-refractivity contribution in [2.75, 3.05) is 0 Å². The van der Waals surface area contributed by atoms with Crippen molar-refractivity contribution in [1.82, 2.24) is 9.97 Å². The second-order valence-electron chi connectivity index (χ2n) is 3.55. The molecule has 96 valence electrons. The van der Waals surface area contributed by atoms with Gasteiger partial charge in [0.15, 0.2) is 11.0 Å². The molecule has 0 spiro atoms. The summed E-state index contributed by atoms with van der Waals surface area (Å²) in [6, 6.07) is 4.59. The van der Waals surface area contributed by atoms with Gasteiger partial charge in [0.05, 0.1) is 11.8 Å². The standard InChI is InChI=1S/C12H5ClF3N3/c13-10-7(4-17)5-18-12(19-10)8-3-6(11(15)16)1-2-9(8)14/h1-3,5,11H. The SMILES string of the molecule is N#Cc1cnc(-c2cc(C(F)F)ccc2F)nc1Cl. The van der Waals surface area contributed by atoms with Gasteiger partial charge in [-0.15, -0.1) is 0 Å². The van der Waals surface area contributed by atoms with Crippen LogP contribution < -0.4 is 0 Å². The molecule has 0 atom stereocenters. The van der Waals surface area contributed by atoms with E-state index in [0.717, 1.165) is 24.4 Å². The molecule has 0 amide bonds. The molecule has 0 aliphatic carbocycles. The van der Waals surface area contributed by atoms with Crippen LogP contribution in [0.4, 0.5) is 13.2 Å². The summed E-state index contributed by atoms with van der Waals surface area (Å²) in [6.07, 6.45) is -1.62. The Hall–Kier alpha value is -2.13. The van der Waals surface area contributed by atoms with Crippen LogP contribution >= 0.6 is 11.6 Å². The molecular weight excluding hydrogens is 279 g/mol. The number of rotatable bonds is 2. The van der Waals surface area contributed by atoms with E-state index in [1.165, 1.54) is 0 Å². The van der Waals surface area contributed by atoms with E-state index in [-0.39, 0.29) is 27.7 Å². The smallest absolute Gasteiger partial charge is 0.235 e. The van der Waals surface area contributed by atoms with E-state index in [1.807, 2.05) is 0 Å². The van der Waals surface area contributed by atoms with Gasteiger partial charge in [0, 0.05) is 5.56 Å². The molecule has 2 aromatic rings. The van der Waals surface area contributed by atoms with Crippen LogP contribution in [0, 0.1) is 17.1 Å². The Kier molecular flexibility index (Phi) is 3.67. The van der Waals surface area contributed by atoms with Gasteiger partial charge < -0.3 is 0 Å². The lowest BCUT2D eigenvalue weighted by atomic mass is 10.1. The Morgan fingerprint density at radius 3 is 2.63 bits per heavy atom. The van der Waals surface area contributed by atoms with Crippen LogP contribution in [0.15, 0.2) is 24.4 Å². The van der Waals surface area contributed by atoms with Gasteiger partial charge in [-0.25, -0.2) is 23.1 Å². The van der Waals surface area contributed by atoms with Crippen molar-refractivity contribution < 1.29 is 13.2 Å². The second-order valence-corrected chi connectivity index (χ2v) is 3.91. The van der Waals surface area contributed by atoms with Crippen LogP contribution in [-0.4, -0.2) is 9.97 Å². The minimum atomic E-state index is -2.73. The third-order valence-corrected chi connectivity index (χ3v) is 2.63. The number of halogens is 4. The summed E-state index contributed by atoms with van der Waals surface area (Å²) < 4.78 is 38.7. The topological polar surface area (TPSA) is 49.6 Å². The van der Waals surface area contributed by atoms with Crippen LogP contribution in [0.25, 0.3) is 11.4 Å². The minimum absolute atomic E-state index is 0.0239. The van der Waals surface area contributed by atoms with E-state index >= 15 is 0 Å². The lowest BCUT2D eigenvalue weighted by Gasteiger charge is -2.06. The van der Waals surface area contributed by atoms with Crippen molar-refractivity contribution in [3.05, 3.63) is 46.5 Å². The minimum Gasteiger partial charge on any atom is -0.235 e. The predicted molar refractivity (Wildman–Crippen MR) is 62.1 cm³/mol. The van der Waals surface area contributed by atoms with Crippen LogP contribution in [0.1, 0.15) is 17.6 Å². The Morgan fingerprint density at radius 1 is 1.32 bits per heavy atom. The summed E-state index contributed by atoms with van der Waals surface area (Å²) in [7, 11) is 0. The zero-order valence-electron chi connectivity index (χ0n) is 9.24. The van der Waals surface area contributed by atoms with Gasteiger partial charge in [-0.1, -0.05) is 17.7 Å². The summed E-state index contributed by atoms with van der Waals surface area (Å²) in [6.45, 7) is 0. The zero-order chi connectivity index (χ0) is 14.0. The van der Waals surface area contributed by atoms with Crippen LogP contribution in [0.2, 0.25) is 5.15 Å². The maximum absolute atomic E-state index is 13.6. The molecule has 1 aromatic heterocycles. The monoisotopic (exact) mass is 283 g/mol. The van der Waals surface area contributed by atoms with Crippen LogP contribution in [-0.2, 0) is 0 Å². The van der Waals surface area contributed by atoms with Gasteiger partial charge in [0.25, 0.3) is 6.43 Å². The normalized spacial score (nSPS) is 10.5. The van der Waals surface area contributed by atoms with E-state index in [2.05, 4.69) is 9.97 Å². The third kappa shape index (κ3) is 2.66. The molecule has 0 aliphatic heterocycles. The molecule has 0 aliphatic rings. The fourth-order valence-electron chi connectivity index (χ4n) is 1.42. The average Bonchev–Trinajstić information content (AvgIpc) is 2.38. The zero-order valence-corrected chi connectivity index (χ0v) is 10.00. The Morgan fingerprint density at radius 2 is 2.05 bits per heavy atom. The van der Waals surface area contributed by atoms with Gasteiger partial charge >= 0.3 is 0 Å². The molecule has 1 heterocycles. The number of nitriles is 1. The van der Waals surface area contributed by atoms with Gasteiger partial charge in [-0.05, 0) is 12.1 Å². The molecule has 0 fully saturated rings. The summed E-state index contributed by atoms with van der Waals surface area (Å²) in [5.74, 6) is -0.894. The molecule has 0 bridgehead atoms. The molecule has 0 saturated carbocycles. The molecule has 0 saturated heterocycles. The van der Waals surface area contributed by atoms with E-state index < -0.39 is 12.2 Å². The summed E-state index contributed by atoms with van der Waals surface area (Å²) >= 11 is 5.69.